The van der Waals surface area contributed by atoms with Crippen LogP contribution in [0.25, 0.3) is 0 Å². The van der Waals surface area contributed by atoms with Crippen LogP contribution in [0.15, 0.2) is 18.2 Å². The van der Waals surface area contributed by atoms with E-state index in [1.165, 1.54) is 12.1 Å². The van der Waals surface area contributed by atoms with Crippen LogP contribution in [0.1, 0.15) is 23.2 Å². The molecule has 7 heteroatoms. The van der Waals surface area contributed by atoms with Crippen LogP contribution in [-0.4, -0.2) is 45.9 Å². The molecule has 108 valence electrons. The zero-order valence-corrected chi connectivity index (χ0v) is 10.6. The Morgan fingerprint density at radius 2 is 1.85 bits per heavy atom. The molecule has 7 nitrogen and oxygen atoms in total. The van der Waals surface area contributed by atoms with Gasteiger partial charge in [0, 0.05) is 26.1 Å². The molecule has 1 aromatic carbocycles. The Balaban J connectivity index is 2.24. The molecule has 0 radical (unpaired) electrons. The second-order valence-electron chi connectivity index (χ2n) is 4.66. The van der Waals surface area contributed by atoms with Gasteiger partial charge in [-0.05, 0) is 18.2 Å². The van der Waals surface area contributed by atoms with Crippen molar-refractivity contribution >= 4 is 11.9 Å². The van der Waals surface area contributed by atoms with E-state index in [0.717, 1.165) is 6.07 Å². The van der Waals surface area contributed by atoms with Crippen LogP contribution in [0.4, 0.5) is 0 Å². The van der Waals surface area contributed by atoms with Crippen molar-refractivity contribution in [3.05, 3.63) is 23.8 Å². The molecular weight excluding hydrogens is 266 g/mol. The van der Waals surface area contributed by atoms with Crippen LogP contribution in [0.5, 0.6) is 11.5 Å². The smallest absolute Gasteiger partial charge is 0.329 e. The molecule has 0 atom stereocenters. The van der Waals surface area contributed by atoms with Gasteiger partial charge < -0.3 is 25.4 Å². The summed E-state index contributed by atoms with van der Waals surface area (Å²) >= 11 is 0. The third-order valence-electron chi connectivity index (χ3n) is 3.33. The fourth-order valence-electron chi connectivity index (χ4n) is 2.10. The minimum absolute atomic E-state index is 0.146. The summed E-state index contributed by atoms with van der Waals surface area (Å²) in [6, 6.07) is 3.48. The highest BCUT2D eigenvalue weighted by atomic mass is 16.5. The number of rotatable bonds is 3. The van der Waals surface area contributed by atoms with E-state index in [0.29, 0.717) is 0 Å². The van der Waals surface area contributed by atoms with Gasteiger partial charge in [-0.15, -0.1) is 0 Å². The topological polar surface area (TPSA) is 116 Å². The van der Waals surface area contributed by atoms with Crippen molar-refractivity contribution in [2.24, 2.45) is 0 Å². The van der Waals surface area contributed by atoms with Crippen LogP contribution >= 0.6 is 0 Å². The predicted molar refractivity (Wildman–Crippen MR) is 67.7 cm³/mol. The van der Waals surface area contributed by atoms with Crippen molar-refractivity contribution in [1.29, 1.82) is 0 Å². The van der Waals surface area contributed by atoms with Gasteiger partial charge in [-0.2, -0.15) is 0 Å². The summed E-state index contributed by atoms with van der Waals surface area (Å²) in [6.45, 7) is 0.469. The molecule has 0 aliphatic carbocycles. The summed E-state index contributed by atoms with van der Waals surface area (Å²) < 4.78 is 5.10. The molecule has 2 rings (SSSR count). The molecule has 20 heavy (non-hydrogen) atoms. The van der Waals surface area contributed by atoms with Gasteiger partial charge in [0.15, 0.2) is 0 Å². The second kappa shape index (κ2) is 5.38. The number of phenolic OH excluding ortho intramolecular Hbond substituents is 2. The number of carboxylic acid groups (broad SMARTS) is 1. The number of phenols is 2. The Bertz CT molecular complexity index is 536. The lowest BCUT2D eigenvalue weighted by Crippen LogP contribution is -2.57. The quantitative estimate of drug-likeness (QED) is 0.598. The van der Waals surface area contributed by atoms with Crippen molar-refractivity contribution in [3.63, 3.8) is 0 Å². The van der Waals surface area contributed by atoms with Crippen molar-refractivity contribution in [1.82, 2.24) is 5.32 Å². The van der Waals surface area contributed by atoms with E-state index >= 15 is 0 Å². The molecule has 4 N–H and O–H groups in total. The third kappa shape index (κ3) is 2.67. The van der Waals surface area contributed by atoms with Gasteiger partial charge in [-0.1, -0.05) is 0 Å². The molecule has 0 aromatic heterocycles. The number of benzene rings is 1. The SMILES string of the molecule is O=C(NC1(C(=O)O)CCOCC1)c1cc(O)ccc1O. The first kappa shape index (κ1) is 14.1. The van der Waals surface area contributed by atoms with Gasteiger partial charge in [0.1, 0.15) is 17.0 Å². The molecule has 1 aliphatic heterocycles. The second-order valence-corrected chi connectivity index (χ2v) is 4.66. The van der Waals surface area contributed by atoms with E-state index in [9.17, 15) is 24.9 Å². The zero-order valence-electron chi connectivity index (χ0n) is 10.6. The summed E-state index contributed by atoms with van der Waals surface area (Å²) in [6.07, 6.45) is 0.293. The molecule has 1 aromatic rings. The third-order valence-corrected chi connectivity index (χ3v) is 3.33. The highest BCUT2D eigenvalue weighted by Gasteiger charge is 2.42. The molecule has 0 spiro atoms. The van der Waals surface area contributed by atoms with Crippen molar-refractivity contribution in [3.8, 4) is 11.5 Å². The average Bonchev–Trinajstić information content (AvgIpc) is 2.42. The number of ether oxygens (including phenoxy) is 1. The van der Waals surface area contributed by atoms with Gasteiger partial charge in [-0.3, -0.25) is 4.79 Å². The molecule has 1 heterocycles. The molecule has 0 unspecified atom stereocenters. The highest BCUT2D eigenvalue weighted by molar-refractivity contribution is 6.00. The predicted octanol–water partition coefficient (Wildman–Crippen LogP) is 0.461. The maximum absolute atomic E-state index is 12.1. The highest BCUT2D eigenvalue weighted by Crippen LogP contribution is 2.25. The van der Waals surface area contributed by atoms with E-state index < -0.39 is 17.4 Å². The lowest BCUT2D eigenvalue weighted by atomic mass is 9.89. The number of aromatic hydroxyl groups is 2. The Kier molecular flexibility index (Phi) is 3.80. The molecule has 1 aliphatic rings. The summed E-state index contributed by atoms with van der Waals surface area (Å²) in [5, 5.41) is 30.7. The van der Waals surface area contributed by atoms with Gasteiger partial charge in [0.25, 0.3) is 5.91 Å². The molecule has 0 bridgehead atoms. The maximum Gasteiger partial charge on any atom is 0.329 e. The van der Waals surface area contributed by atoms with Gasteiger partial charge in [-0.25, -0.2) is 4.79 Å². The fraction of sp³-hybridized carbons (Fsp3) is 0.385. The van der Waals surface area contributed by atoms with E-state index in [-0.39, 0.29) is 43.1 Å². The number of hydrogen-bond donors (Lipinski definition) is 4. The van der Waals surface area contributed by atoms with Gasteiger partial charge >= 0.3 is 5.97 Å². The number of nitrogens with one attached hydrogen (secondary N) is 1. The Morgan fingerprint density at radius 1 is 1.20 bits per heavy atom. The fourth-order valence-corrected chi connectivity index (χ4v) is 2.10. The normalized spacial score (nSPS) is 17.4. The van der Waals surface area contributed by atoms with Crippen molar-refractivity contribution in [2.45, 2.75) is 18.4 Å². The first-order valence-electron chi connectivity index (χ1n) is 6.10. The Morgan fingerprint density at radius 3 is 2.45 bits per heavy atom. The standard InChI is InChI=1S/C13H15NO6/c15-8-1-2-10(16)9(7-8)11(17)14-13(12(18)19)3-5-20-6-4-13/h1-2,7,15-16H,3-6H2,(H,14,17)(H,18,19). The van der Waals surface area contributed by atoms with E-state index in [2.05, 4.69) is 5.32 Å². The Labute approximate surface area is 114 Å². The van der Waals surface area contributed by atoms with Crippen molar-refractivity contribution < 1.29 is 29.6 Å². The molecule has 0 saturated carbocycles. The minimum Gasteiger partial charge on any atom is -0.508 e. The first-order valence-corrected chi connectivity index (χ1v) is 6.10. The summed E-state index contributed by atoms with van der Waals surface area (Å²) in [5.74, 6) is -2.41. The number of hydrogen-bond acceptors (Lipinski definition) is 5. The number of carbonyl (C=O) groups excluding carboxylic acids is 1. The lowest BCUT2D eigenvalue weighted by molar-refractivity contribution is -0.148. The summed E-state index contributed by atoms with van der Waals surface area (Å²) in [5.41, 5.74) is -1.58. The first-order chi connectivity index (χ1) is 9.44. The number of aliphatic carboxylic acids is 1. The Hall–Kier alpha value is -2.28. The zero-order chi connectivity index (χ0) is 14.8. The summed E-state index contributed by atoms with van der Waals surface area (Å²) in [4.78, 5) is 23.5. The molecule has 1 amide bonds. The largest absolute Gasteiger partial charge is 0.508 e. The van der Waals surface area contributed by atoms with E-state index in [1.54, 1.807) is 0 Å². The molecule has 1 saturated heterocycles. The van der Waals surface area contributed by atoms with E-state index in [4.69, 9.17) is 4.74 Å². The summed E-state index contributed by atoms with van der Waals surface area (Å²) in [7, 11) is 0. The molecule has 1 fully saturated rings. The number of carboxylic acids is 1. The monoisotopic (exact) mass is 281 g/mol. The van der Waals surface area contributed by atoms with Gasteiger partial charge in [0.2, 0.25) is 0 Å². The van der Waals surface area contributed by atoms with Crippen LogP contribution in [0.2, 0.25) is 0 Å². The van der Waals surface area contributed by atoms with Crippen LogP contribution < -0.4 is 5.32 Å². The number of amides is 1. The number of carbonyl (C=O) groups is 2. The van der Waals surface area contributed by atoms with Crippen LogP contribution in [0.3, 0.4) is 0 Å². The van der Waals surface area contributed by atoms with Crippen LogP contribution in [0, 0.1) is 0 Å². The minimum atomic E-state index is -1.41. The van der Waals surface area contributed by atoms with Crippen LogP contribution in [-0.2, 0) is 9.53 Å². The van der Waals surface area contributed by atoms with Crippen molar-refractivity contribution in [2.75, 3.05) is 13.2 Å². The average molecular weight is 281 g/mol. The van der Waals surface area contributed by atoms with E-state index in [1.807, 2.05) is 0 Å². The lowest BCUT2D eigenvalue weighted by Gasteiger charge is -2.33. The maximum atomic E-state index is 12.1. The van der Waals surface area contributed by atoms with Gasteiger partial charge in [0.05, 0.1) is 5.56 Å². The molecular formula is C13H15NO6.